The molecule has 0 aliphatic carbocycles. The van der Waals surface area contributed by atoms with Crippen LogP contribution in [0.15, 0.2) is 40.9 Å². The molecular formula is C16H15BrO2. The third-order valence-corrected chi connectivity index (χ3v) is 3.70. The number of halogens is 1. The lowest BCUT2D eigenvalue weighted by Crippen LogP contribution is -2.03. The monoisotopic (exact) mass is 318 g/mol. The normalized spacial score (nSPS) is 10.3. The Morgan fingerprint density at radius 3 is 2.32 bits per heavy atom. The Labute approximate surface area is 121 Å². The average molecular weight is 319 g/mol. The molecule has 0 aromatic heterocycles. The summed E-state index contributed by atoms with van der Waals surface area (Å²) in [6, 6.07) is 11.2. The highest BCUT2D eigenvalue weighted by atomic mass is 79.9. The first kappa shape index (κ1) is 13.8. The van der Waals surface area contributed by atoms with Crippen molar-refractivity contribution in [1.29, 1.82) is 0 Å². The van der Waals surface area contributed by atoms with E-state index in [0.29, 0.717) is 11.1 Å². The van der Waals surface area contributed by atoms with E-state index in [0.717, 1.165) is 21.3 Å². The van der Waals surface area contributed by atoms with Gasteiger partial charge in [-0.25, -0.2) is 0 Å². The van der Waals surface area contributed by atoms with Crippen LogP contribution in [0.25, 0.3) is 0 Å². The van der Waals surface area contributed by atoms with Crippen molar-refractivity contribution < 1.29 is 9.53 Å². The van der Waals surface area contributed by atoms with Crippen LogP contribution in [-0.4, -0.2) is 12.9 Å². The number of methoxy groups -OCH3 is 1. The molecule has 0 aliphatic rings. The number of ketones is 1. The minimum Gasteiger partial charge on any atom is -0.496 e. The second-order valence-corrected chi connectivity index (χ2v) is 5.35. The Bertz CT molecular complexity index is 615. The van der Waals surface area contributed by atoms with Crippen LogP contribution in [0.3, 0.4) is 0 Å². The minimum atomic E-state index is -0.00910. The molecular weight excluding hydrogens is 304 g/mol. The fourth-order valence-electron chi connectivity index (χ4n) is 1.91. The highest BCUT2D eigenvalue weighted by Crippen LogP contribution is 2.28. The topological polar surface area (TPSA) is 26.3 Å². The molecule has 0 saturated heterocycles. The number of aryl methyl sites for hydroxylation is 2. The van der Waals surface area contributed by atoms with Crippen molar-refractivity contribution in [3.05, 3.63) is 63.1 Å². The van der Waals surface area contributed by atoms with E-state index >= 15 is 0 Å². The SMILES string of the molecule is COc1cc(C(=O)c2ccc(C)cc2)c(Br)cc1C. The smallest absolute Gasteiger partial charge is 0.194 e. The zero-order valence-corrected chi connectivity index (χ0v) is 12.7. The van der Waals surface area contributed by atoms with Gasteiger partial charge in [-0.05, 0) is 31.5 Å². The zero-order valence-electron chi connectivity index (χ0n) is 11.2. The molecule has 98 valence electrons. The van der Waals surface area contributed by atoms with Gasteiger partial charge in [0.25, 0.3) is 0 Å². The molecule has 0 amide bonds. The van der Waals surface area contributed by atoms with Gasteiger partial charge in [0.15, 0.2) is 5.78 Å². The van der Waals surface area contributed by atoms with Crippen LogP contribution >= 0.6 is 15.9 Å². The Balaban J connectivity index is 2.46. The van der Waals surface area contributed by atoms with Crippen molar-refractivity contribution in [2.75, 3.05) is 7.11 Å². The van der Waals surface area contributed by atoms with E-state index in [1.165, 1.54) is 0 Å². The van der Waals surface area contributed by atoms with Crippen LogP contribution in [0.1, 0.15) is 27.0 Å². The van der Waals surface area contributed by atoms with Crippen molar-refractivity contribution in [3.8, 4) is 5.75 Å². The van der Waals surface area contributed by atoms with Gasteiger partial charge in [-0.1, -0.05) is 45.8 Å². The van der Waals surface area contributed by atoms with Gasteiger partial charge in [-0.3, -0.25) is 4.79 Å². The predicted molar refractivity (Wildman–Crippen MR) is 80.0 cm³/mol. The van der Waals surface area contributed by atoms with Crippen LogP contribution in [0.5, 0.6) is 5.75 Å². The second kappa shape index (κ2) is 5.57. The van der Waals surface area contributed by atoms with Gasteiger partial charge in [0, 0.05) is 15.6 Å². The molecule has 3 heteroatoms. The van der Waals surface area contributed by atoms with Gasteiger partial charge >= 0.3 is 0 Å². The molecule has 0 aliphatic heterocycles. The molecule has 0 unspecified atom stereocenters. The van der Waals surface area contributed by atoms with Gasteiger partial charge in [0.05, 0.1) is 7.11 Å². The number of hydrogen-bond donors (Lipinski definition) is 0. The molecule has 0 fully saturated rings. The van der Waals surface area contributed by atoms with Gasteiger partial charge in [-0.2, -0.15) is 0 Å². The van der Waals surface area contributed by atoms with Crippen LogP contribution < -0.4 is 4.74 Å². The van der Waals surface area contributed by atoms with Crippen LogP contribution in [-0.2, 0) is 0 Å². The van der Waals surface area contributed by atoms with Crippen LogP contribution in [0, 0.1) is 13.8 Å². The number of ether oxygens (including phenoxy) is 1. The van der Waals surface area contributed by atoms with Crippen LogP contribution in [0.4, 0.5) is 0 Å². The number of rotatable bonds is 3. The van der Waals surface area contributed by atoms with Gasteiger partial charge in [-0.15, -0.1) is 0 Å². The molecule has 19 heavy (non-hydrogen) atoms. The first-order valence-electron chi connectivity index (χ1n) is 5.98. The molecule has 0 saturated carbocycles. The Morgan fingerprint density at radius 2 is 1.74 bits per heavy atom. The lowest BCUT2D eigenvalue weighted by Gasteiger charge is -2.10. The quantitative estimate of drug-likeness (QED) is 0.788. The van der Waals surface area contributed by atoms with Crippen molar-refractivity contribution in [3.63, 3.8) is 0 Å². The van der Waals surface area contributed by atoms with Gasteiger partial charge < -0.3 is 4.74 Å². The summed E-state index contributed by atoms with van der Waals surface area (Å²) in [5, 5.41) is 0. The molecule has 0 bridgehead atoms. The summed E-state index contributed by atoms with van der Waals surface area (Å²) in [7, 11) is 1.61. The summed E-state index contributed by atoms with van der Waals surface area (Å²) in [6.45, 7) is 3.95. The van der Waals surface area contributed by atoms with Crippen molar-refractivity contribution in [2.24, 2.45) is 0 Å². The van der Waals surface area contributed by atoms with Crippen molar-refractivity contribution >= 4 is 21.7 Å². The maximum atomic E-state index is 12.5. The number of carbonyl (C=O) groups is 1. The minimum absolute atomic E-state index is 0.00910. The van der Waals surface area contributed by atoms with Crippen molar-refractivity contribution in [1.82, 2.24) is 0 Å². The van der Waals surface area contributed by atoms with Gasteiger partial charge in [0.2, 0.25) is 0 Å². The molecule has 2 aromatic rings. The number of carbonyl (C=O) groups excluding carboxylic acids is 1. The molecule has 2 aromatic carbocycles. The van der Waals surface area contributed by atoms with E-state index < -0.39 is 0 Å². The third-order valence-electron chi connectivity index (χ3n) is 3.04. The lowest BCUT2D eigenvalue weighted by molar-refractivity contribution is 0.103. The fourth-order valence-corrected chi connectivity index (χ4v) is 2.55. The van der Waals surface area contributed by atoms with Gasteiger partial charge in [0.1, 0.15) is 5.75 Å². The summed E-state index contributed by atoms with van der Waals surface area (Å²) in [5.41, 5.74) is 3.43. The Morgan fingerprint density at radius 1 is 1.11 bits per heavy atom. The number of benzene rings is 2. The van der Waals surface area contributed by atoms with E-state index in [1.807, 2.05) is 44.2 Å². The first-order chi connectivity index (χ1) is 9.02. The zero-order chi connectivity index (χ0) is 14.0. The second-order valence-electron chi connectivity index (χ2n) is 4.50. The maximum absolute atomic E-state index is 12.5. The highest BCUT2D eigenvalue weighted by molar-refractivity contribution is 9.10. The Hall–Kier alpha value is -1.61. The molecule has 2 nitrogen and oxygen atoms in total. The summed E-state index contributed by atoms with van der Waals surface area (Å²) in [4.78, 5) is 12.5. The Kier molecular flexibility index (Phi) is 4.05. The van der Waals surface area contributed by atoms with Crippen LogP contribution in [0.2, 0.25) is 0 Å². The highest BCUT2D eigenvalue weighted by Gasteiger charge is 2.15. The molecule has 0 spiro atoms. The van der Waals surface area contributed by atoms with E-state index in [1.54, 1.807) is 13.2 Å². The average Bonchev–Trinajstić information content (AvgIpc) is 2.39. The standard InChI is InChI=1S/C16H15BrO2/c1-10-4-6-12(7-5-10)16(18)13-9-15(19-3)11(2)8-14(13)17/h4-9H,1-3H3. The van der Waals surface area contributed by atoms with Crippen molar-refractivity contribution in [2.45, 2.75) is 13.8 Å². The van der Waals surface area contributed by atoms with E-state index in [-0.39, 0.29) is 5.78 Å². The largest absolute Gasteiger partial charge is 0.496 e. The van der Waals surface area contributed by atoms with E-state index in [2.05, 4.69) is 15.9 Å². The molecule has 0 N–H and O–H groups in total. The third kappa shape index (κ3) is 2.87. The first-order valence-corrected chi connectivity index (χ1v) is 6.77. The van der Waals surface area contributed by atoms with E-state index in [4.69, 9.17) is 4.74 Å². The molecule has 0 radical (unpaired) electrons. The predicted octanol–water partition coefficient (Wildman–Crippen LogP) is 4.31. The summed E-state index contributed by atoms with van der Waals surface area (Å²) < 4.78 is 6.06. The summed E-state index contributed by atoms with van der Waals surface area (Å²) in [6.07, 6.45) is 0. The molecule has 0 heterocycles. The molecule has 0 atom stereocenters. The summed E-state index contributed by atoms with van der Waals surface area (Å²) >= 11 is 3.45. The van der Waals surface area contributed by atoms with E-state index in [9.17, 15) is 4.79 Å². The maximum Gasteiger partial charge on any atom is 0.194 e. The lowest BCUT2D eigenvalue weighted by atomic mass is 10.0. The summed E-state index contributed by atoms with van der Waals surface area (Å²) in [5.74, 6) is 0.712. The fraction of sp³-hybridized carbons (Fsp3) is 0.188. The molecule has 2 rings (SSSR count). The number of hydrogen-bond acceptors (Lipinski definition) is 2.